The Hall–Kier alpha value is -1.10. The van der Waals surface area contributed by atoms with Gasteiger partial charge in [-0.25, -0.2) is 0 Å². The summed E-state index contributed by atoms with van der Waals surface area (Å²) in [5, 5.41) is 11.8. The topological polar surface area (TPSA) is 52.4 Å². The van der Waals surface area contributed by atoms with E-state index in [9.17, 15) is 10.1 Å². The molecule has 0 N–H and O–H groups in total. The predicted octanol–water partition coefficient (Wildman–Crippen LogP) is 4.01. The highest BCUT2D eigenvalue weighted by molar-refractivity contribution is 9.09. The Morgan fingerprint density at radius 3 is 2.50 bits per heavy atom. The monoisotopic (exact) mass is 315 g/mol. The number of benzene rings is 1. The number of nitrogens with zero attached hydrogens (tertiary/aromatic N) is 1. The largest absolute Gasteiger partial charge is 0.486 e. The Bertz CT molecular complexity index is 458. The first kappa shape index (κ1) is 15.0. The van der Waals surface area contributed by atoms with Crippen LogP contribution in [0.2, 0.25) is 0 Å². The Kier molecular flexibility index (Phi) is 4.73. The smallest absolute Gasteiger partial charge is 0.311 e. The molecule has 1 rings (SSSR count). The predicted molar refractivity (Wildman–Crippen MR) is 75.6 cm³/mol. The van der Waals surface area contributed by atoms with E-state index >= 15 is 0 Å². The van der Waals surface area contributed by atoms with Crippen LogP contribution in [0.3, 0.4) is 0 Å². The van der Waals surface area contributed by atoms with Crippen LogP contribution in [-0.2, 0) is 0 Å². The highest BCUT2D eigenvalue weighted by Gasteiger charge is 2.22. The van der Waals surface area contributed by atoms with Crippen molar-refractivity contribution in [3.63, 3.8) is 0 Å². The third kappa shape index (κ3) is 3.70. The second-order valence-corrected chi connectivity index (χ2v) is 5.83. The third-order valence-electron chi connectivity index (χ3n) is 2.57. The number of aryl methyl sites for hydroxylation is 2. The van der Waals surface area contributed by atoms with Crippen LogP contribution in [0.1, 0.15) is 25.0 Å². The second kappa shape index (κ2) is 5.69. The van der Waals surface area contributed by atoms with E-state index in [1.165, 1.54) is 0 Å². The van der Waals surface area contributed by atoms with Crippen LogP contribution >= 0.6 is 15.9 Å². The molecule has 0 fully saturated rings. The average molecular weight is 316 g/mol. The van der Waals surface area contributed by atoms with Crippen molar-refractivity contribution in [2.45, 2.75) is 27.7 Å². The van der Waals surface area contributed by atoms with Crippen LogP contribution in [0.4, 0.5) is 5.69 Å². The normalized spacial score (nSPS) is 11.4. The minimum absolute atomic E-state index is 0.0397. The van der Waals surface area contributed by atoms with Gasteiger partial charge in [-0.05, 0) is 25.0 Å². The lowest BCUT2D eigenvalue weighted by Gasteiger charge is -2.22. The van der Waals surface area contributed by atoms with Crippen molar-refractivity contribution in [3.8, 4) is 5.75 Å². The van der Waals surface area contributed by atoms with Gasteiger partial charge in [0.2, 0.25) is 0 Å². The molecule has 18 heavy (non-hydrogen) atoms. The van der Waals surface area contributed by atoms with Crippen LogP contribution in [0.25, 0.3) is 0 Å². The molecule has 0 atom stereocenters. The van der Waals surface area contributed by atoms with Crippen molar-refractivity contribution in [1.29, 1.82) is 0 Å². The molecule has 0 heterocycles. The SMILES string of the molecule is Cc1cc(C)c(OCC(C)(C)CBr)c([N+](=O)[O-])c1. The molecular formula is C13H18BrNO3. The zero-order chi connectivity index (χ0) is 13.9. The van der Waals surface area contributed by atoms with Gasteiger partial charge in [-0.1, -0.05) is 35.8 Å². The van der Waals surface area contributed by atoms with Gasteiger partial charge >= 0.3 is 5.69 Å². The molecule has 0 amide bonds. The van der Waals surface area contributed by atoms with Crippen LogP contribution < -0.4 is 4.74 Å². The summed E-state index contributed by atoms with van der Waals surface area (Å²) in [6, 6.07) is 3.44. The van der Waals surface area contributed by atoms with Gasteiger partial charge < -0.3 is 4.74 Å². The van der Waals surface area contributed by atoms with Gasteiger partial charge in [0.1, 0.15) is 0 Å². The summed E-state index contributed by atoms with van der Waals surface area (Å²) in [5.74, 6) is 0.375. The van der Waals surface area contributed by atoms with E-state index in [1.807, 2.05) is 33.8 Å². The van der Waals surface area contributed by atoms with Crippen molar-refractivity contribution in [1.82, 2.24) is 0 Å². The summed E-state index contributed by atoms with van der Waals surface area (Å²) in [4.78, 5) is 10.6. The van der Waals surface area contributed by atoms with Gasteiger partial charge in [-0.15, -0.1) is 0 Å². The molecule has 0 aliphatic carbocycles. The fourth-order valence-corrected chi connectivity index (χ4v) is 1.72. The number of hydrogen-bond donors (Lipinski definition) is 0. The average Bonchev–Trinajstić information content (AvgIpc) is 2.26. The van der Waals surface area contributed by atoms with Gasteiger partial charge in [-0.2, -0.15) is 0 Å². The van der Waals surface area contributed by atoms with Crippen molar-refractivity contribution in [2.24, 2.45) is 5.41 Å². The first-order chi connectivity index (χ1) is 8.26. The number of halogens is 1. The highest BCUT2D eigenvalue weighted by atomic mass is 79.9. The van der Waals surface area contributed by atoms with Crippen LogP contribution in [0.5, 0.6) is 5.75 Å². The van der Waals surface area contributed by atoms with E-state index in [0.29, 0.717) is 12.4 Å². The number of nitro groups is 1. The summed E-state index contributed by atoms with van der Waals surface area (Å²) in [6.07, 6.45) is 0. The molecule has 1 aromatic rings. The number of ether oxygens (including phenoxy) is 1. The Morgan fingerprint density at radius 1 is 1.39 bits per heavy atom. The summed E-state index contributed by atoms with van der Waals surface area (Å²) in [7, 11) is 0. The summed E-state index contributed by atoms with van der Waals surface area (Å²) in [6.45, 7) is 8.18. The minimum atomic E-state index is -0.392. The third-order valence-corrected chi connectivity index (χ3v) is 4.08. The zero-order valence-corrected chi connectivity index (χ0v) is 12.7. The maximum absolute atomic E-state index is 11.0. The van der Waals surface area contributed by atoms with Gasteiger partial charge in [0.15, 0.2) is 5.75 Å². The van der Waals surface area contributed by atoms with Gasteiger partial charge in [0, 0.05) is 16.8 Å². The van der Waals surface area contributed by atoms with E-state index in [2.05, 4.69) is 15.9 Å². The number of alkyl halides is 1. The van der Waals surface area contributed by atoms with Crippen molar-refractivity contribution >= 4 is 21.6 Å². The van der Waals surface area contributed by atoms with Crippen LogP contribution in [-0.4, -0.2) is 16.9 Å². The Balaban J connectivity index is 3.04. The van der Waals surface area contributed by atoms with Crippen LogP contribution in [0.15, 0.2) is 12.1 Å². The highest BCUT2D eigenvalue weighted by Crippen LogP contribution is 2.33. The number of nitro benzene ring substituents is 1. The first-order valence-corrected chi connectivity index (χ1v) is 6.83. The molecule has 0 unspecified atom stereocenters. The standard InChI is InChI=1S/C13H18BrNO3/c1-9-5-10(2)12(11(6-9)15(16)17)18-8-13(3,4)7-14/h5-6H,7-8H2,1-4H3. The molecule has 0 saturated carbocycles. The van der Waals surface area contributed by atoms with Crippen LogP contribution in [0, 0.1) is 29.4 Å². The maximum Gasteiger partial charge on any atom is 0.311 e. The lowest BCUT2D eigenvalue weighted by Crippen LogP contribution is -2.23. The molecule has 100 valence electrons. The van der Waals surface area contributed by atoms with Gasteiger partial charge in [-0.3, -0.25) is 10.1 Å². The molecule has 0 spiro atoms. The Morgan fingerprint density at radius 2 is 2.00 bits per heavy atom. The Labute approximate surface area is 116 Å². The molecule has 5 heteroatoms. The molecule has 0 aliphatic rings. The summed E-state index contributed by atoms with van der Waals surface area (Å²) in [5.41, 5.74) is 1.64. The maximum atomic E-state index is 11.0. The minimum Gasteiger partial charge on any atom is -0.486 e. The van der Waals surface area contributed by atoms with Gasteiger partial charge in [0.25, 0.3) is 0 Å². The van der Waals surface area contributed by atoms with E-state index in [-0.39, 0.29) is 11.1 Å². The lowest BCUT2D eigenvalue weighted by atomic mass is 9.98. The zero-order valence-electron chi connectivity index (χ0n) is 11.1. The molecular weight excluding hydrogens is 298 g/mol. The molecule has 0 bridgehead atoms. The number of hydrogen-bond acceptors (Lipinski definition) is 3. The fraction of sp³-hybridized carbons (Fsp3) is 0.538. The number of rotatable bonds is 5. The first-order valence-electron chi connectivity index (χ1n) is 5.71. The quantitative estimate of drug-likeness (QED) is 0.468. The molecule has 0 aliphatic heterocycles. The van der Waals surface area contributed by atoms with Crippen molar-refractivity contribution in [3.05, 3.63) is 33.4 Å². The molecule has 0 saturated heterocycles. The molecule has 0 aromatic heterocycles. The van der Waals surface area contributed by atoms with Gasteiger partial charge in [0.05, 0.1) is 11.5 Å². The van der Waals surface area contributed by atoms with Crippen molar-refractivity contribution in [2.75, 3.05) is 11.9 Å². The lowest BCUT2D eigenvalue weighted by molar-refractivity contribution is -0.386. The molecule has 0 radical (unpaired) electrons. The molecule has 1 aromatic carbocycles. The second-order valence-electron chi connectivity index (χ2n) is 5.27. The molecule has 4 nitrogen and oxygen atoms in total. The van der Waals surface area contributed by atoms with E-state index < -0.39 is 4.92 Å². The summed E-state index contributed by atoms with van der Waals surface area (Å²) >= 11 is 3.41. The fourth-order valence-electron chi connectivity index (χ4n) is 1.56. The van der Waals surface area contributed by atoms with Crippen molar-refractivity contribution < 1.29 is 9.66 Å². The summed E-state index contributed by atoms with van der Waals surface area (Å²) < 4.78 is 5.67. The van der Waals surface area contributed by atoms with E-state index in [0.717, 1.165) is 16.5 Å². The van der Waals surface area contributed by atoms with E-state index in [1.54, 1.807) is 6.07 Å². The van der Waals surface area contributed by atoms with E-state index in [4.69, 9.17) is 4.74 Å².